The Hall–Kier alpha value is -3.05. The molecule has 0 bridgehead atoms. The predicted molar refractivity (Wildman–Crippen MR) is 93.7 cm³/mol. The van der Waals surface area contributed by atoms with Gasteiger partial charge in [0.1, 0.15) is 10.7 Å². The maximum atomic E-state index is 12.5. The zero-order valence-electron chi connectivity index (χ0n) is 15.0. The third-order valence-electron chi connectivity index (χ3n) is 3.55. The first-order valence-electron chi connectivity index (χ1n) is 7.41. The molecule has 11 heteroatoms. The molecule has 0 radical (unpaired) electrons. The summed E-state index contributed by atoms with van der Waals surface area (Å²) in [7, 11) is -0.129. The van der Waals surface area contributed by atoms with Gasteiger partial charge in [0, 0.05) is 6.07 Å². The molecule has 3 N–H and O–H groups in total. The number of aryl methyl sites for hydroxylation is 1. The number of anilines is 1. The molecule has 27 heavy (non-hydrogen) atoms. The standard InChI is InChI=1S/C16H18N2O8S/c1-8-13(27(17,21)22)7-12(26-8)15(19)18-10-5-9(16(20)25-4)6-11(23-2)14(10)24-3/h5-7H,1-4H3,(H,18,19)(H2,17,21,22). The van der Waals surface area contributed by atoms with Gasteiger partial charge in [-0.1, -0.05) is 0 Å². The highest BCUT2D eigenvalue weighted by atomic mass is 32.2. The van der Waals surface area contributed by atoms with Crippen molar-refractivity contribution in [2.75, 3.05) is 26.6 Å². The molecule has 146 valence electrons. The van der Waals surface area contributed by atoms with Gasteiger partial charge in [0.15, 0.2) is 17.3 Å². The second kappa shape index (κ2) is 7.68. The van der Waals surface area contributed by atoms with Gasteiger partial charge in [-0.3, -0.25) is 4.79 Å². The van der Waals surface area contributed by atoms with Crippen LogP contribution in [-0.4, -0.2) is 41.6 Å². The van der Waals surface area contributed by atoms with Crippen LogP contribution in [-0.2, 0) is 14.8 Å². The summed E-state index contributed by atoms with van der Waals surface area (Å²) in [5.41, 5.74) is 0.194. The van der Waals surface area contributed by atoms with E-state index in [0.717, 1.165) is 6.07 Å². The second-order valence-electron chi connectivity index (χ2n) is 5.28. The van der Waals surface area contributed by atoms with Gasteiger partial charge < -0.3 is 23.9 Å². The van der Waals surface area contributed by atoms with Crippen LogP contribution in [0, 0.1) is 6.92 Å². The number of carbonyl (C=O) groups is 2. The highest BCUT2D eigenvalue weighted by Crippen LogP contribution is 2.37. The molecule has 1 amide bonds. The summed E-state index contributed by atoms with van der Waals surface area (Å²) in [5.74, 6) is -1.44. The fourth-order valence-corrected chi connectivity index (χ4v) is 3.05. The van der Waals surface area contributed by atoms with Crippen LogP contribution >= 0.6 is 0 Å². The van der Waals surface area contributed by atoms with Crippen molar-refractivity contribution in [1.82, 2.24) is 0 Å². The number of methoxy groups -OCH3 is 3. The van der Waals surface area contributed by atoms with Crippen molar-refractivity contribution >= 4 is 27.6 Å². The molecular weight excluding hydrogens is 380 g/mol. The SMILES string of the molecule is COC(=O)c1cc(NC(=O)c2cc(S(N)(=O)=O)c(C)o2)c(OC)c(OC)c1. The van der Waals surface area contributed by atoms with E-state index in [1.165, 1.54) is 40.4 Å². The molecule has 10 nitrogen and oxygen atoms in total. The number of furan rings is 1. The molecule has 2 rings (SSSR count). The van der Waals surface area contributed by atoms with Crippen molar-refractivity contribution in [3.8, 4) is 11.5 Å². The molecule has 0 aliphatic rings. The molecular formula is C16H18N2O8S. The van der Waals surface area contributed by atoms with Crippen LogP contribution < -0.4 is 19.9 Å². The lowest BCUT2D eigenvalue weighted by atomic mass is 10.1. The number of hydrogen-bond acceptors (Lipinski definition) is 8. The van der Waals surface area contributed by atoms with Crippen LogP contribution in [0.3, 0.4) is 0 Å². The average molecular weight is 398 g/mol. The second-order valence-corrected chi connectivity index (χ2v) is 6.81. The van der Waals surface area contributed by atoms with Gasteiger partial charge in [0.05, 0.1) is 32.6 Å². The summed E-state index contributed by atoms with van der Waals surface area (Å²) >= 11 is 0. The van der Waals surface area contributed by atoms with Crippen LogP contribution in [0.2, 0.25) is 0 Å². The number of nitrogens with two attached hydrogens (primary N) is 1. The Morgan fingerprint density at radius 2 is 1.78 bits per heavy atom. The fourth-order valence-electron chi connectivity index (χ4n) is 2.34. The van der Waals surface area contributed by atoms with Crippen molar-refractivity contribution in [3.05, 3.63) is 35.3 Å². The van der Waals surface area contributed by atoms with Crippen molar-refractivity contribution in [1.29, 1.82) is 0 Å². The minimum absolute atomic E-state index is 0.0319. The van der Waals surface area contributed by atoms with Gasteiger partial charge in [0.25, 0.3) is 5.91 Å². The van der Waals surface area contributed by atoms with E-state index in [9.17, 15) is 18.0 Å². The Morgan fingerprint density at radius 3 is 2.26 bits per heavy atom. The van der Waals surface area contributed by atoms with Crippen LogP contribution in [0.15, 0.2) is 27.5 Å². The molecule has 1 aromatic carbocycles. The van der Waals surface area contributed by atoms with E-state index in [1.807, 2.05) is 0 Å². The first-order chi connectivity index (χ1) is 12.6. The Morgan fingerprint density at radius 1 is 1.11 bits per heavy atom. The van der Waals surface area contributed by atoms with Crippen LogP contribution in [0.4, 0.5) is 5.69 Å². The Labute approximate surface area is 155 Å². The van der Waals surface area contributed by atoms with E-state index in [-0.39, 0.29) is 39.2 Å². The minimum atomic E-state index is -4.04. The molecule has 0 unspecified atom stereocenters. The summed E-state index contributed by atoms with van der Waals surface area (Å²) in [6, 6.07) is 3.71. The minimum Gasteiger partial charge on any atom is -0.493 e. The van der Waals surface area contributed by atoms with Gasteiger partial charge in [0.2, 0.25) is 10.0 Å². The highest BCUT2D eigenvalue weighted by molar-refractivity contribution is 7.89. The molecule has 1 aromatic heterocycles. The maximum Gasteiger partial charge on any atom is 0.338 e. The molecule has 0 spiro atoms. The van der Waals surface area contributed by atoms with Gasteiger partial charge in [-0.15, -0.1) is 0 Å². The average Bonchev–Trinajstić information content (AvgIpc) is 3.02. The summed E-state index contributed by atoms with van der Waals surface area (Å²) in [5, 5.41) is 7.55. The number of hydrogen-bond donors (Lipinski definition) is 2. The van der Waals surface area contributed by atoms with E-state index in [1.54, 1.807) is 0 Å². The third kappa shape index (κ3) is 4.20. The fraction of sp³-hybridized carbons (Fsp3) is 0.250. The molecule has 0 fully saturated rings. The smallest absolute Gasteiger partial charge is 0.338 e. The molecule has 1 heterocycles. The summed E-state index contributed by atoms with van der Waals surface area (Å²) in [6.45, 7) is 1.36. The van der Waals surface area contributed by atoms with E-state index < -0.39 is 21.9 Å². The number of nitrogens with one attached hydrogen (secondary N) is 1. The molecule has 0 saturated carbocycles. The molecule has 0 atom stereocenters. The molecule has 0 saturated heterocycles. The number of benzene rings is 1. The summed E-state index contributed by atoms with van der Waals surface area (Å²) in [6.07, 6.45) is 0. The van der Waals surface area contributed by atoms with Gasteiger partial charge in [-0.05, 0) is 19.1 Å². The monoisotopic (exact) mass is 398 g/mol. The number of sulfonamides is 1. The summed E-state index contributed by atoms with van der Waals surface area (Å²) in [4.78, 5) is 24.0. The molecule has 2 aromatic rings. The number of carbonyl (C=O) groups excluding carboxylic acids is 2. The topological polar surface area (TPSA) is 147 Å². The van der Waals surface area contributed by atoms with Crippen molar-refractivity contribution in [2.45, 2.75) is 11.8 Å². The Balaban J connectivity index is 2.46. The molecule has 0 aliphatic heterocycles. The lowest BCUT2D eigenvalue weighted by molar-refractivity contribution is 0.0600. The predicted octanol–water partition coefficient (Wildman–Crippen LogP) is 1.29. The highest BCUT2D eigenvalue weighted by Gasteiger charge is 2.23. The number of esters is 1. The van der Waals surface area contributed by atoms with Crippen molar-refractivity contribution in [2.24, 2.45) is 5.14 Å². The Kier molecular flexibility index (Phi) is 5.76. The first-order valence-corrected chi connectivity index (χ1v) is 8.96. The van der Waals surface area contributed by atoms with Gasteiger partial charge >= 0.3 is 5.97 Å². The number of primary sulfonamides is 1. The maximum absolute atomic E-state index is 12.5. The normalized spacial score (nSPS) is 11.0. The van der Waals surface area contributed by atoms with Crippen LogP contribution in [0.1, 0.15) is 26.7 Å². The quantitative estimate of drug-likeness (QED) is 0.692. The molecule has 0 aliphatic carbocycles. The van der Waals surface area contributed by atoms with E-state index in [4.69, 9.17) is 19.0 Å². The summed E-state index contributed by atoms with van der Waals surface area (Å²) < 4.78 is 43.2. The zero-order valence-corrected chi connectivity index (χ0v) is 15.8. The van der Waals surface area contributed by atoms with Crippen LogP contribution in [0.25, 0.3) is 0 Å². The number of amides is 1. The van der Waals surface area contributed by atoms with E-state index in [2.05, 4.69) is 10.1 Å². The largest absolute Gasteiger partial charge is 0.493 e. The van der Waals surface area contributed by atoms with Gasteiger partial charge in [-0.2, -0.15) is 0 Å². The lowest BCUT2D eigenvalue weighted by Gasteiger charge is -2.14. The third-order valence-corrected chi connectivity index (χ3v) is 4.57. The zero-order chi connectivity index (χ0) is 20.4. The number of rotatable bonds is 6. The van der Waals surface area contributed by atoms with Crippen molar-refractivity contribution in [3.63, 3.8) is 0 Å². The van der Waals surface area contributed by atoms with Crippen molar-refractivity contribution < 1.29 is 36.6 Å². The lowest BCUT2D eigenvalue weighted by Crippen LogP contribution is -2.14. The first kappa shape index (κ1) is 20.3. The van der Waals surface area contributed by atoms with Crippen LogP contribution in [0.5, 0.6) is 11.5 Å². The van der Waals surface area contributed by atoms with Gasteiger partial charge in [-0.25, -0.2) is 18.4 Å². The van der Waals surface area contributed by atoms with E-state index in [0.29, 0.717) is 0 Å². The number of ether oxygens (including phenoxy) is 3. The Bertz CT molecular complexity index is 994. The van der Waals surface area contributed by atoms with E-state index >= 15 is 0 Å².